The molecule has 0 aliphatic rings. The van der Waals surface area contributed by atoms with Crippen molar-refractivity contribution in [1.82, 2.24) is 0 Å². The van der Waals surface area contributed by atoms with E-state index in [1.807, 2.05) is 24.3 Å². The van der Waals surface area contributed by atoms with E-state index in [0.29, 0.717) is 13.0 Å². The van der Waals surface area contributed by atoms with Gasteiger partial charge in [-0.2, -0.15) is 5.26 Å². The van der Waals surface area contributed by atoms with Crippen molar-refractivity contribution in [2.75, 3.05) is 6.61 Å². The smallest absolute Gasteiger partial charge is 0.123 e. The van der Waals surface area contributed by atoms with Gasteiger partial charge < -0.3 is 4.74 Å². The summed E-state index contributed by atoms with van der Waals surface area (Å²) in [6.45, 7) is 0.686. The van der Waals surface area contributed by atoms with E-state index in [4.69, 9.17) is 10.00 Å². The highest BCUT2D eigenvalue weighted by Gasteiger charge is 2.00. The van der Waals surface area contributed by atoms with Gasteiger partial charge in [-0.1, -0.05) is 34.1 Å². The van der Waals surface area contributed by atoms with Crippen molar-refractivity contribution in [3.05, 3.63) is 29.8 Å². The topological polar surface area (TPSA) is 33.0 Å². The van der Waals surface area contributed by atoms with E-state index in [1.54, 1.807) is 0 Å². The van der Waals surface area contributed by atoms with Crippen molar-refractivity contribution in [2.45, 2.75) is 24.6 Å². The van der Waals surface area contributed by atoms with Crippen LogP contribution in [0.1, 0.15) is 24.8 Å². The van der Waals surface area contributed by atoms with E-state index in [1.165, 1.54) is 0 Å². The van der Waals surface area contributed by atoms with Crippen LogP contribution in [0.4, 0.5) is 0 Å². The Morgan fingerprint density at radius 3 is 2.80 bits per heavy atom. The standard InChI is InChI=1S/C12H14BrNO/c13-10-11-6-2-3-7-12(11)15-9-5-1-4-8-14/h2-3,6-7H,1,4-5,9-10H2. The molecule has 0 aromatic heterocycles. The zero-order chi connectivity index (χ0) is 10.9. The lowest BCUT2D eigenvalue weighted by atomic mass is 10.2. The molecule has 0 N–H and O–H groups in total. The Morgan fingerprint density at radius 1 is 1.27 bits per heavy atom. The molecule has 0 radical (unpaired) electrons. The summed E-state index contributed by atoms with van der Waals surface area (Å²) in [5.41, 5.74) is 1.16. The first-order valence-corrected chi connectivity index (χ1v) is 6.14. The van der Waals surface area contributed by atoms with Crippen LogP contribution in [0.3, 0.4) is 0 Å². The number of hydrogen-bond donors (Lipinski definition) is 0. The van der Waals surface area contributed by atoms with Gasteiger partial charge in [-0.05, 0) is 18.9 Å². The molecular weight excluding hydrogens is 254 g/mol. The Bertz CT molecular complexity index is 333. The molecule has 0 atom stereocenters. The highest BCUT2D eigenvalue weighted by molar-refractivity contribution is 9.08. The summed E-state index contributed by atoms with van der Waals surface area (Å²) in [6, 6.07) is 10.1. The van der Waals surface area contributed by atoms with Crippen LogP contribution in [-0.2, 0) is 5.33 Å². The third-order valence-electron chi connectivity index (χ3n) is 2.06. The molecule has 2 nitrogen and oxygen atoms in total. The number of unbranched alkanes of at least 4 members (excludes halogenated alkanes) is 2. The normalized spacial score (nSPS) is 9.60. The van der Waals surface area contributed by atoms with Crippen molar-refractivity contribution < 1.29 is 4.74 Å². The maximum Gasteiger partial charge on any atom is 0.123 e. The predicted octanol–water partition coefficient (Wildman–Crippen LogP) is 3.65. The minimum Gasteiger partial charge on any atom is -0.493 e. The first-order chi connectivity index (χ1) is 7.38. The Balaban J connectivity index is 2.34. The SMILES string of the molecule is N#CCCCCOc1ccccc1CBr. The van der Waals surface area contributed by atoms with Crippen LogP contribution in [0.5, 0.6) is 5.75 Å². The van der Waals surface area contributed by atoms with Gasteiger partial charge in [0.1, 0.15) is 5.75 Å². The van der Waals surface area contributed by atoms with Crippen molar-refractivity contribution in [2.24, 2.45) is 0 Å². The molecule has 3 heteroatoms. The fourth-order valence-corrected chi connectivity index (χ4v) is 1.71. The average Bonchev–Trinajstić information content (AvgIpc) is 2.29. The summed E-state index contributed by atoms with van der Waals surface area (Å²) in [7, 11) is 0. The second kappa shape index (κ2) is 7.30. The van der Waals surface area contributed by atoms with Gasteiger partial charge in [0.15, 0.2) is 0 Å². The molecule has 0 spiro atoms. The average molecular weight is 268 g/mol. The van der Waals surface area contributed by atoms with E-state index in [0.717, 1.165) is 29.5 Å². The van der Waals surface area contributed by atoms with Crippen molar-refractivity contribution in [3.63, 3.8) is 0 Å². The molecule has 0 bridgehead atoms. The molecule has 80 valence electrons. The lowest BCUT2D eigenvalue weighted by molar-refractivity contribution is 0.305. The van der Waals surface area contributed by atoms with Crippen LogP contribution in [0.2, 0.25) is 0 Å². The maximum absolute atomic E-state index is 8.37. The van der Waals surface area contributed by atoms with Gasteiger partial charge >= 0.3 is 0 Å². The van der Waals surface area contributed by atoms with Crippen LogP contribution in [0.15, 0.2) is 24.3 Å². The molecular formula is C12H14BrNO. The quantitative estimate of drug-likeness (QED) is 0.582. The predicted molar refractivity (Wildman–Crippen MR) is 64.0 cm³/mol. The summed E-state index contributed by atoms with van der Waals surface area (Å²) in [5.74, 6) is 0.936. The lowest BCUT2D eigenvalue weighted by Gasteiger charge is -2.08. The van der Waals surface area contributed by atoms with E-state index >= 15 is 0 Å². The van der Waals surface area contributed by atoms with Crippen molar-refractivity contribution in [1.29, 1.82) is 5.26 Å². The molecule has 0 fully saturated rings. The molecule has 1 aromatic carbocycles. The van der Waals surface area contributed by atoms with Crippen LogP contribution in [-0.4, -0.2) is 6.61 Å². The van der Waals surface area contributed by atoms with Gasteiger partial charge in [0.25, 0.3) is 0 Å². The third-order valence-corrected chi connectivity index (χ3v) is 2.66. The highest BCUT2D eigenvalue weighted by atomic mass is 79.9. The van der Waals surface area contributed by atoms with Crippen molar-refractivity contribution >= 4 is 15.9 Å². The molecule has 0 heterocycles. The molecule has 1 aromatic rings. The van der Waals surface area contributed by atoms with Gasteiger partial charge in [-0.25, -0.2) is 0 Å². The number of alkyl halides is 1. The summed E-state index contributed by atoms with van der Waals surface area (Å²) in [5, 5.41) is 9.17. The number of hydrogen-bond acceptors (Lipinski definition) is 2. The van der Waals surface area contributed by atoms with E-state index < -0.39 is 0 Å². The Morgan fingerprint density at radius 2 is 2.07 bits per heavy atom. The lowest BCUT2D eigenvalue weighted by Crippen LogP contribution is -1.99. The number of ether oxygens (including phenoxy) is 1. The fourth-order valence-electron chi connectivity index (χ4n) is 1.24. The molecule has 1 rings (SSSR count). The maximum atomic E-state index is 8.37. The Labute approximate surface area is 99.0 Å². The molecule has 0 amide bonds. The van der Waals surface area contributed by atoms with Gasteiger partial charge in [0.05, 0.1) is 12.7 Å². The molecule has 15 heavy (non-hydrogen) atoms. The van der Waals surface area contributed by atoms with Crippen LogP contribution in [0, 0.1) is 11.3 Å². The summed E-state index contributed by atoms with van der Waals surface area (Å²) in [4.78, 5) is 0. The number of benzene rings is 1. The van der Waals surface area contributed by atoms with Crippen LogP contribution >= 0.6 is 15.9 Å². The van der Waals surface area contributed by atoms with Gasteiger partial charge in [-0.3, -0.25) is 0 Å². The van der Waals surface area contributed by atoms with E-state index in [9.17, 15) is 0 Å². The van der Waals surface area contributed by atoms with E-state index in [2.05, 4.69) is 22.0 Å². The summed E-state index contributed by atoms with van der Waals surface area (Å²) >= 11 is 3.42. The Hall–Kier alpha value is -1.01. The number of rotatable bonds is 6. The Kier molecular flexibility index (Phi) is 5.87. The first-order valence-electron chi connectivity index (χ1n) is 5.02. The second-order valence-corrected chi connectivity index (χ2v) is 3.77. The van der Waals surface area contributed by atoms with E-state index in [-0.39, 0.29) is 0 Å². The third kappa shape index (κ3) is 4.35. The molecule has 0 aliphatic heterocycles. The number of nitrogens with zero attached hydrogens (tertiary/aromatic N) is 1. The minimum absolute atomic E-state index is 0.615. The van der Waals surface area contributed by atoms with Gasteiger partial charge in [-0.15, -0.1) is 0 Å². The van der Waals surface area contributed by atoms with Crippen LogP contribution in [0.25, 0.3) is 0 Å². The number of halogens is 1. The number of nitriles is 1. The molecule has 0 aliphatic carbocycles. The largest absolute Gasteiger partial charge is 0.493 e. The second-order valence-electron chi connectivity index (χ2n) is 3.21. The van der Waals surface area contributed by atoms with Crippen molar-refractivity contribution in [3.8, 4) is 11.8 Å². The zero-order valence-electron chi connectivity index (χ0n) is 8.58. The van der Waals surface area contributed by atoms with Crippen LogP contribution < -0.4 is 4.74 Å². The summed E-state index contributed by atoms with van der Waals surface area (Å²) in [6.07, 6.45) is 2.46. The van der Waals surface area contributed by atoms with Gasteiger partial charge in [0.2, 0.25) is 0 Å². The summed E-state index contributed by atoms with van der Waals surface area (Å²) < 4.78 is 5.64. The fraction of sp³-hybridized carbons (Fsp3) is 0.417. The van der Waals surface area contributed by atoms with Gasteiger partial charge in [0, 0.05) is 17.3 Å². The molecule has 0 unspecified atom stereocenters. The first kappa shape index (κ1) is 12.1. The number of para-hydroxylation sites is 1. The monoisotopic (exact) mass is 267 g/mol. The highest BCUT2D eigenvalue weighted by Crippen LogP contribution is 2.20. The minimum atomic E-state index is 0.615. The molecule has 0 saturated carbocycles. The zero-order valence-corrected chi connectivity index (χ0v) is 10.2. The molecule has 0 saturated heterocycles.